The molecule has 1 heterocycles. The van der Waals surface area contributed by atoms with Crippen LogP contribution in [0.3, 0.4) is 0 Å². The number of nitrogens with zero attached hydrogens (tertiary/aromatic N) is 2. The van der Waals surface area contributed by atoms with Crippen LogP contribution >= 0.6 is 11.6 Å². The summed E-state index contributed by atoms with van der Waals surface area (Å²) in [6.45, 7) is 3.37. The van der Waals surface area contributed by atoms with E-state index in [1.165, 1.54) is 4.68 Å². The number of hydrogen-bond donors (Lipinski definition) is 1. The minimum Gasteiger partial charge on any atom is -0.321 e. The summed E-state index contributed by atoms with van der Waals surface area (Å²) in [5.74, 6) is -0.171. The second-order valence-corrected chi connectivity index (χ2v) is 3.39. The summed E-state index contributed by atoms with van der Waals surface area (Å²) in [6, 6.07) is -0.541. The van der Waals surface area contributed by atoms with E-state index in [9.17, 15) is 4.79 Å². The molecule has 1 rings (SSSR count). The molecule has 4 nitrogen and oxygen atoms in total. The Morgan fingerprint density at radius 1 is 1.69 bits per heavy atom. The summed E-state index contributed by atoms with van der Waals surface area (Å²) in [4.78, 5) is 11.5. The first-order valence-electron chi connectivity index (χ1n) is 3.94. The highest BCUT2D eigenvalue weighted by molar-refractivity contribution is 6.33. The molecule has 1 atom stereocenters. The topological polar surface area (TPSA) is 60.9 Å². The Labute approximate surface area is 81.7 Å². The maximum atomic E-state index is 11.5. The Morgan fingerprint density at radius 2 is 2.23 bits per heavy atom. The number of carbonyl (C=O) groups is 1. The van der Waals surface area contributed by atoms with Gasteiger partial charge in [0.15, 0.2) is 5.78 Å². The minimum atomic E-state index is -0.541. The SMILES string of the molecule is Cc1nn(C)c(Cl)c1C(=O)C(C)N. The monoisotopic (exact) mass is 201 g/mol. The van der Waals surface area contributed by atoms with Gasteiger partial charge in [-0.3, -0.25) is 9.48 Å². The Morgan fingerprint density at radius 3 is 2.54 bits per heavy atom. The smallest absolute Gasteiger partial charge is 0.184 e. The van der Waals surface area contributed by atoms with Crippen LogP contribution in [0.15, 0.2) is 0 Å². The maximum Gasteiger partial charge on any atom is 0.184 e. The van der Waals surface area contributed by atoms with Crippen molar-refractivity contribution in [2.24, 2.45) is 12.8 Å². The lowest BCUT2D eigenvalue weighted by molar-refractivity contribution is 0.0967. The van der Waals surface area contributed by atoms with Crippen LogP contribution < -0.4 is 5.73 Å². The van der Waals surface area contributed by atoms with Crippen molar-refractivity contribution < 1.29 is 4.79 Å². The average Bonchev–Trinajstić information content (AvgIpc) is 2.26. The second kappa shape index (κ2) is 3.47. The van der Waals surface area contributed by atoms with Crippen molar-refractivity contribution in [3.8, 4) is 0 Å². The van der Waals surface area contributed by atoms with Gasteiger partial charge in [0, 0.05) is 7.05 Å². The summed E-state index contributed by atoms with van der Waals surface area (Å²) >= 11 is 5.88. The zero-order valence-corrected chi connectivity index (χ0v) is 8.59. The molecule has 0 aliphatic heterocycles. The molecule has 0 aliphatic rings. The molecule has 0 fully saturated rings. The van der Waals surface area contributed by atoms with Gasteiger partial charge in [-0.1, -0.05) is 11.6 Å². The molecule has 1 unspecified atom stereocenters. The molecule has 0 amide bonds. The largest absolute Gasteiger partial charge is 0.321 e. The molecule has 0 saturated carbocycles. The highest BCUT2D eigenvalue weighted by atomic mass is 35.5. The van der Waals surface area contributed by atoms with Gasteiger partial charge in [-0.25, -0.2) is 0 Å². The molecular weight excluding hydrogens is 190 g/mol. The predicted octanol–water partition coefficient (Wildman–Crippen LogP) is 0.912. The minimum absolute atomic E-state index is 0.171. The number of ketones is 1. The van der Waals surface area contributed by atoms with Gasteiger partial charge in [0.1, 0.15) is 5.15 Å². The number of aromatic nitrogens is 2. The molecule has 1 aromatic heterocycles. The lowest BCUT2D eigenvalue weighted by Gasteiger charge is -2.02. The average molecular weight is 202 g/mol. The molecule has 0 bridgehead atoms. The van der Waals surface area contributed by atoms with Gasteiger partial charge < -0.3 is 5.73 Å². The third-order valence-corrected chi connectivity index (χ3v) is 2.25. The third kappa shape index (κ3) is 1.73. The van der Waals surface area contributed by atoms with E-state index in [4.69, 9.17) is 17.3 Å². The Balaban J connectivity index is 3.21. The van der Waals surface area contributed by atoms with Gasteiger partial charge in [-0.2, -0.15) is 5.10 Å². The number of nitrogens with two attached hydrogens (primary N) is 1. The highest BCUT2D eigenvalue weighted by Crippen LogP contribution is 2.19. The standard InChI is InChI=1S/C8H12ClN3O/c1-4(10)7(13)6-5(2)11-12(3)8(6)9/h4H,10H2,1-3H3. The van der Waals surface area contributed by atoms with E-state index in [1.54, 1.807) is 20.9 Å². The van der Waals surface area contributed by atoms with E-state index < -0.39 is 6.04 Å². The first kappa shape index (κ1) is 10.2. The summed E-state index contributed by atoms with van der Waals surface area (Å²) in [7, 11) is 1.69. The zero-order valence-electron chi connectivity index (χ0n) is 7.84. The summed E-state index contributed by atoms with van der Waals surface area (Å²) in [6.07, 6.45) is 0. The molecule has 0 radical (unpaired) electrons. The molecule has 1 aromatic rings. The van der Waals surface area contributed by atoms with Crippen LogP contribution in [-0.4, -0.2) is 21.6 Å². The van der Waals surface area contributed by atoms with Crippen molar-refractivity contribution in [1.82, 2.24) is 9.78 Å². The van der Waals surface area contributed by atoms with Crippen LogP contribution in [0.25, 0.3) is 0 Å². The zero-order chi connectivity index (χ0) is 10.2. The maximum absolute atomic E-state index is 11.5. The Kier molecular flexibility index (Phi) is 2.73. The second-order valence-electron chi connectivity index (χ2n) is 3.03. The van der Waals surface area contributed by atoms with Gasteiger partial charge in [0.05, 0.1) is 17.3 Å². The molecular formula is C8H12ClN3O. The van der Waals surface area contributed by atoms with Crippen molar-refractivity contribution in [2.45, 2.75) is 19.9 Å². The van der Waals surface area contributed by atoms with Crippen molar-refractivity contribution in [3.05, 3.63) is 16.4 Å². The molecule has 13 heavy (non-hydrogen) atoms. The van der Waals surface area contributed by atoms with E-state index in [-0.39, 0.29) is 5.78 Å². The van der Waals surface area contributed by atoms with Crippen LogP contribution in [0.4, 0.5) is 0 Å². The number of aryl methyl sites for hydroxylation is 2. The molecule has 72 valence electrons. The lowest BCUT2D eigenvalue weighted by Crippen LogP contribution is -2.27. The summed E-state index contributed by atoms with van der Waals surface area (Å²) < 4.78 is 1.46. The van der Waals surface area contributed by atoms with Gasteiger partial charge in [0.2, 0.25) is 0 Å². The van der Waals surface area contributed by atoms with Crippen molar-refractivity contribution >= 4 is 17.4 Å². The van der Waals surface area contributed by atoms with Gasteiger partial charge in [-0.05, 0) is 13.8 Å². The van der Waals surface area contributed by atoms with Gasteiger partial charge in [-0.15, -0.1) is 0 Å². The van der Waals surface area contributed by atoms with E-state index in [0.29, 0.717) is 16.4 Å². The Hall–Kier alpha value is -0.870. The fourth-order valence-corrected chi connectivity index (χ4v) is 1.41. The van der Waals surface area contributed by atoms with E-state index in [2.05, 4.69) is 5.10 Å². The van der Waals surface area contributed by atoms with E-state index >= 15 is 0 Å². The molecule has 2 N–H and O–H groups in total. The van der Waals surface area contributed by atoms with E-state index in [1.807, 2.05) is 0 Å². The molecule has 0 aromatic carbocycles. The highest BCUT2D eigenvalue weighted by Gasteiger charge is 2.21. The molecule has 0 spiro atoms. The quantitative estimate of drug-likeness (QED) is 0.724. The number of Topliss-reactive ketones (excluding diaryl/α,β-unsaturated/α-hetero) is 1. The fraction of sp³-hybridized carbons (Fsp3) is 0.500. The van der Waals surface area contributed by atoms with Crippen LogP contribution in [0.1, 0.15) is 23.0 Å². The van der Waals surface area contributed by atoms with Crippen LogP contribution in [0.5, 0.6) is 0 Å². The molecule has 0 aliphatic carbocycles. The summed E-state index contributed by atoms with van der Waals surface area (Å²) in [5.41, 5.74) is 6.52. The normalized spacial score (nSPS) is 13.0. The number of rotatable bonds is 2. The third-order valence-electron chi connectivity index (χ3n) is 1.81. The molecule has 0 saturated heterocycles. The van der Waals surface area contributed by atoms with Crippen molar-refractivity contribution in [3.63, 3.8) is 0 Å². The van der Waals surface area contributed by atoms with Crippen LogP contribution in [-0.2, 0) is 7.05 Å². The number of halogens is 1. The first-order valence-corrected chi connectivity index (χ1v) is 4.31. The summed E-state index contributed by atoms with van der Waals surface area (Å²) in [5, 5.41) is 4.37. The van der Waals surface area contributed by atoms with Gasteiger partial charge in [0.25, 0.3) is 0 Å². The van der Waals surface area contributed by atoms with Gasteiger partial charge >= 0.3 is 0 Å². The first-order chi connectivity index (χ1) is 5.95. The number of carbonyl (C=O) groups excluding carboxylic acids is 1. The number of hydrogen-bond acceptors (Lipinski definition) is 3. The predicted molar refractivity (Wildman–Crippen MR) is 50.9 cm³/mol. The van der Waals surface area contributed by atoms with Crippen molar-refractivity contribution in [2.75, 3.05) is 0 Å². The van der Waals surface area contributed by atoms with E-state index in [0.717, 1.165) is 0 Å². The molecule has 5 heteroatoms. The Bertz CT molecular complexity index is 343. The van der Waals surface area contributed by atoms with Crippen LogP contribution in [0, 0.1) is 6.92 Å². The van der Waals surface area contributed by atoms with Crippen molar-refractivity contribution in [1.29, 1.82) is 0 Å². The van der Waals surface area contributed by atoms with Crippen LogP contribution in [0.2, 0.25) is 5.15 Å². The lowest BCUT2D eigenvalue weighted by atomic mass is 10.1. The fourth-order valence-electron chi connectivity index (χ4n) is 1.14.